The van der Waals surface area contributed by atoms with Gasteiger partial charge >= 0.3 is 6.18 Å². The molecule has 1 N–H and O–H groups in total. The number of hydrogen-bond donors (Lipinski definition) is 1. The number of carbonyl (C=O) groups excluding carboxylic acids is 1. The van der Waals surface area contributed by atoms with Crippen LogP contribution >= 0.6 is 0 Å². The summed E-state index contributed by atoms with van der Waals surface area (Å²) in [4.78, 5) is 32.8. The minimum Gasteiger partial charge on any atom is -0.494 e. The first-order valence-electron chi connectivity index (χ1n) is 9.88. The average molecular weight is 464 g/mol. The number of hydrogen-bond acceptors (Lipinski definition) is 9. The van der Waals surface area contributed by atoms with Crippen LogP contribution in [0.1, 0.15) is 43.5 Å². The molecule has 0 saturated carbocycles. The van der Waals surface area contributed by atoms with E-state index in [9.17, 15) is 27.9 Å². The summed E-state index contributed by atoms with van der Waals surface area (Å²) in [6, 6.07) is 0. The van der Waals surface area contributed by atoms with E-state index in [1.165, 1.54) is 24.0 Å². The molecule has 3 aromatic rings. The second-order valence-electron chi connectivity index (χ2n) is 6.78. The normalized spacial score (nSPS) is 11.9. The van der Waals surface area contributed by atoms with Crippen molar-refractivity contribution in [3.05, 3.63) is 40.8 Å². The lowest BCUT2D eigenvalue weighted by molar-refractivity contribution is -0.136. The fourth-order valence-corrected chi connectivity index (χ4v) is 2.99. The van der Waals surface area contributed by atoms with Gasteiger partial charge in [0.2, 0.25) is 11.8 Å². The predicted molar refractivity (Wildman–Crippen MR) is 108 cm³/mol. The third-order valence-corrected chi connectivity index (χ3v) is 4.57. The van der Waals surface area contributed by atoms with Crippen LogP contribution in [0.5, 0.6) is 5.88 Å². The maximum Gasteiger partial charge on any atom is 0.419 e. The van der Waals surface area contributed by atoms with Gasteiger partial charge in [-0.15, -0.1) is 20.4 Å². The first-order valence-corrected chi connectivity index (χ1v) is 9.88. The van der Waals surface area contributed by atoms with Gasteiger partial charge in [-0.3, -0.25) is 24.1 Å². The highest BCUT2D eigenvalue weighted by Gasteiger charge is 2.42. The maximum absolute atomic E-state index is 14.2. The highest BCUT2D eigenvalue weighted by atomic mass is 19.4. The zero-order valence-electron chi connectivity index (χ0n) is 17.6. The number of aryl methyl sites for hydroxylation is 1. The number of halogens is 3. The summed E-state index contributed by atoms with van der Waals surface area (Å²) >= 11 is 0. The fourth-order valence-electron chi connectivity index (χ4n) is 2.99. The van der Waals surface area contributed by atoms with Gasteiger partial charge in [0.15, 0.2) is 5.69 Å². The van der Waals surface area contributed by atoms with Crippen LogP contribution in [0.3, 0.4) is 0 Å². The van der Waals surface area contributed by atoms with Crippen LogP contribution < -0.4 is 5.56 Å². The van der Waals surface area contributed by atoms with E-state index < -0.39 is 46.0 Å². The smallest absolute Gasteiger partial charge is 0.419 e. The van der Waals surface area contributed by atoms with Gasteiger partial charge in [0.25, 0.3) is 11.5 Å². The monoisotopic (exact) mass is 464 g/mol. The minimum atomic E-state index is -5.16. The molecule has 0 bridgehead atoms. The molecule has 0 unspecified atom stereocenters. The topological polar surface area (TPSA) is 141 Å². The van der Waals surface area contributed by atoms with E-state index in [2.05, 4.69) is 30.4 Å². The Labute approximate surface area is 184 Å². The van der Waals surface area contributed by atoms with Crippen LogP contribution in [-0.4, -0.2) is 40.3 Å². The standard InChI is InChI=1S/C19H19F3N8O3/c1-3-5-8-29-10-25-27-18(29)28-26-15-14(19(20,21)22)13(11-9-23-6-7-24-11)16(32)30(17(15)33)12(31)4-2/h6-7,9-10,32H,3-5,8H2,1-2H3. The van der Waals surface area contributed by atoms with Crippen LogP contribution in [0, 0.1) is 0 Å². The molecule has 174 valence electrons. The Morgan fingerprint density at radius 2 is 1.97 bits per heavy atom. The molecule has 0 amide bonds. The van der Waals surface area contributed by atoms with Crippen LogP contribution in [0.2, 0.25) is 0 Å². The Morgan fingerprint density at radius 3 is 2.58 bits per heavy atom. The molecule has 3 aromatic heterocycles. The lowest BCUT2D eigenvalue weighted by atomic mass is 10.0. The van der Waals surface area contributed by atoms with Gasteiger partial charge in [-0.2, -0.15) is 13.2 Å². The molecular weight excluding hydrogens is 445 g/mol. The number of carbonyl (C=O) groups is 1. The molecule has 0 aliphatic heterocycles. The molecule has 0 spiro atoms. The van der Waals surface area contributed by atoms with Gasteiger partial charge < -0.3 is 5.11 Å². The molecule has 0 radical (unpaired) electrons. The Morgan fingerprint density at radius 1 is 1.21 bits per heavy atom. The Balaban J connectivity index is 2.34. The molecule has 33 heavy (non-hydrogen) atoms. The molecule has 0 aliphatic rings. The third-order valence-electron chi connectivity index (χ3n) is 4.57. The summed E-state index contributed by atoms with van der Waals surface area (Å²) in [6.45, 7) is 3.76. The molecule has 3 heterocycles. The highest BCUT2D eigenvalue weighted by molar-refractivity contribution is 5.85. The summed E-state index contributed by atoms with van der Waals surface area (Å²) in [5.74, 6) is -2.29. The van der Waals surface area contributed by atoms with Gasteiger partial charge in [0.05, 0.1) is 17.5 Å². The van der Waals surface area contributed by atoms with Gasteiger partial charge in [0, 0.05) is 25.4 Å². The van der Waals surface area contributed by atoms with Gasteiger partial charge in [-0.1, -0.05) is 20.3 Å². The summed E-state index contributed by atoms with van der Waals surface area (Å²) < 4.78 is 44.1. The molecule has 0 saturated heterocycles. The summed E-state index contributed by atoms with van der Waals surface area (Å²) in [7, 11) is 0. The lowest BCUT2D eigenvalue weighted by Gasteiger charge is -2.18. The molecule has 14 heteroatoms. The first-order chi connectivity index (χ1) is 15.7. The number of unbranched alkanes of at least 4 members (excludes halogenated alkanes) is 1. The van der Waals surface area contributed by atoms with Crippen molar-refractivity contribution in [3.63, 3.8) is 0 Å². The third kappa shape index (κ3) is 4.78. The van der Waals surface area contributed by atoms with Crippen LogP contribution in [0.25, 0.3) is 11.3 Å². The molecule has 3 rings (SSSR count). The van der Waals surface area contributed by atoms with E-state index in [1.807, 2.05) is 6.92 Å². The predicted octanol–water partition coefficient (Wildman–Crippen LogP) is 3.89. The van der Waals surface area contributed by atoms with Crippen LogP contribution in [0.4, 0.5) is 24.8 Å². The van der Waals surface area contributed by atoms with Crippen molar-refractivity contribution in [1.82, 2.24) is 29.3 Å². The van der Waals surface area contributed by atoms with E-state index in [4.69, 9.17) is 0 Å². The number of pyridine rings is 1. The van der Waals surface area contributed by atoms with Crippen molar-refractivity contribution in [2.24, 2.45) is 10.2 Å². The Kier molecular flexibility index (Phi) is 6.94. The minimum absolute atomic E-state index is 0.126. The van der Waals surface area contributed by atoms with Crippen LogP contribution in [0.15, 0.2) is 39.9 Å². The number of rotatable bonds is 7. The number of azo groups is 1. The summed E-state index contributed by atoms with van der Waals surface area (Å²) in [5.41, 5.74) is -5.62. The Hall–Kier alpha value is -3.97. The molecule has 0 aliphatic carbocycles. The number of aromatic hydroxyl groups is 1. The average Bonchev–Trinajstić information content (AvgIpc) is 3.23. The van der Waals surface area contributed by atoms with Crippen molar-refractivity contribution in [3.8, 4) is 17.1 Å². The zero-order chi connectivity index (χ0) is 24.2. The maximum atomic E-state index is 14.2. The molecule has 11 nitrogen and oxygen atoms in total. The molecule has 0 atom stereocenters. The van der Waals surface area contributed by atoms with Crippen molar-refractivity contribution >= 4 is 17.5 Å². The van der Waals surface area contributed by atoms with Crippen molar-refractivity contribution < 1.29 is 23.1 Å². The molecular formula is C19H19F3N8O3. The molecule has 0 fully saturated rings. The van der Waals surface area contributed by atoms with Gasteiger partial charge in [-0.05, 0) is 6.42 Å². The van der Waals surface area contributed by atoms with Crippen molar-refractivity contribution in [2.75, 3.05) is 0 Å². The van der Waals surface area contributed by atoms with Gasteiger partial charge in [-0.25, -0.2) is 4.57 Å². The lowest BCUT2D eigenvalue weighted by Crippen LogP contribution is -2.29. The largest absolute Gasteiger partial charge is 0.494 e. The van der Waals surface area contributed by atoms with Crippen LogP contribution in [-0.2, 0) is 12.7 Å². The number of alkyl halides is 3. The second kappa shape index (κ2) is 9.67. The van der Waals surface area contributed by atoms with Crippen molar-refractivity contribution in [2.45, 2.75) is 45.8 Å². The SMILES string of the molecule is CCCCn1cnnc1N=Nc1c(C(F)(F)F)c(-c2cnccn2)c(O)n(C(=O)CC)c1=O. The number of aromatic nitrogens is 6. The quantitative estimate of drug-likeness (QED) is 0.523. The van der Waals surface area contributed by atoms with Crippen molar-refractivity contribution in [1.29, 1.82) is 0 Å². The Bertz CT molecular complexity index is 1240. The fraction of sp³-hybridized carbons (Fsp3) is 0.368. The highest BCUT2D eigenvalue weighted by Crippen LogP contribution is 2.45. The van der Waals surface area contributed by atoms with E-state index in [0.29, 0.717) is 6.54 Å². The first kappa shape index (κ1) is 23.7. The van der Waals surface area contributed by atoms with E-state index >= 15 is 0 Å². The summed E-state index contributed by atoms with van der Waals surface area (Å²) in [6.07, 6.45) is 0.711. The molecule has 0 aromatic carbocycles. The van der Waals surface area contributed by atoms with E-state index in [0.717, 1.165) is 25.2 Å². The second-order valence-corrected chi connectivity index (χ2v) is 6.78. The van der Waals surface area contributed by atoms with E-state index in [1.54, 1.807) is 0 Å². The summed E-state index contributed by atoms with van der Waals surface area (Å²) in [5, 5.41) is 25.1. The van der Waals surface area contributed by atoms with Gasteiger partial charge in [0.1, 0.15) is 11.9 Å². The van der Waals surface area contributed by atoms with E-state index in [-0.39, 0.29) is 16.9 Å². The number of nitrogens with zero attached hydrogens (tertiary/aromatic N) is 8. The zero-order valence-corrected chi connectivity index (χ0v) is 17.6.